The molecule has 4 nitrogen and oxygen atoms in total. The van der Waals surface area contributed by atoms with Gasteiger partial charge >= 0.3 is 0 Å². The van der Waals surface area contributed by atoms with Crippen LogP contribution < -0.4 is 5.32 Å². The maximum absolute atomic E-state index is 12.7. The standard InChI is InChI=1S/C14H26N2O2S/c1-5-8-11-12(17)15-14(6-2,7-3)13(18)16(11)9-10-19-4/h11H,5-10H2,1-4H3,(H,15,17). The molecule has 1 atom stereocenters. The monoisotopic (exact) mass is 286 g/mol. The van der Waals surface area contributed by atoms with Gasteiger partial charge in [0.05, 0.1) is 0 Å². The fourth-order valence-corrected chi connectivity index (χ4v) is 3.05. The molecule has 0 aliphatic carbocycles. The van der Waals surface area contributed by atoms with E-state index in [2.05, 4.69) is 5.32 Å². The molecule has 1 heterocycles. The van der Waals surface area contributed by atoms with Crippen LogP contribution in [-0.2, 0) is 9.59 Å². The average Bonchev–Trinajstić information content (AvgIpc) is 2.42. The lowest BCUT2D eigenvalue weighted by Gasteiger charge is -2.45. The zero-order valence-electron chi connectivity index (χ0n) is 12.5. The molecule has 1 aliphatic heterocycles. The highest BCUT2D eigenvalue weighted by Gasteiger charge is 2.48. The first-order chi connectivity index (χ1) is 9.06. The van der Waals surface area contributed by atoms with Gasteiger partial charge in [0.2, 0.25) is 11.8 Å². The Morgan fingerprint density at radius 3 is 2.37 bits per heavy atom. The van der Waals surface area contributed by atoms with E-state index < -0.39 is 5.54 Å². The molecule has 1 N–H and O–H groups in total. The van der Waals surface area contributed by atoms with Gasteiger partial charge in [0.15, 0.2) is 0 Å². The van der Waals surface area contributed by atoms with Gasteiger partial charge < -0.3 is 10.2 Å². The van der Waals surface area contributed by atoms with Gasteiger partial charge in [-0.25, -0.2) is 0 Å². The number of nitrogens with one attached hydrogen (secondary N) is 1. The summed E-state index contributed by atoms with van der Waals surface area (Å²) in [4.78, 5) is 26.9. The maximum atomic E-state index is 12.7. The minimum Gasteiger partial charge on any atom is -0.340 e. The van der Waals surface area contributed by atoms with Crippen molar-refractivity contribution < 1.29 is 9.59 Å². The van der Waals surface area contributed by atoms with E-state index in [-0.39, 0.29) is 17.9 Å². The number of nitrogens with zero attached hydrogens (tertiary/aromatic N) is 1. The molecule has 0 saturated carbocycles. The molecule has 1 aliphatic rings. The third-order valence-electron chi connectivity index (χ3n) is 4.02. The molecule has 1 fully saturated rings. The maximum Gasteiger partial charge on any atom is 0.249 e. The fraction of sp³-hybridized carbons (Fsp3) is 0.857. The summed E-state index contributed by atoms with van der Waals surface area (Å²) in [5, 5.41) is 2.98. The summed E-state index contributed by atoms with van der Waals surface area (Å²) >= 11 is 1.71. The lowest BCUT2D eigenvalue weighted by atomic mass is 9.86. The highest BCUT2D eigenvalue weighted by molar-refractivity contribution is 7.98. The van der Waals surface area contributed by atoms with Gasteiger partial charge in [-0.05, 0) is 25.5 Å². The van der Waals surface area contributed by atoms with Crippen LogP contribution in [0.1, 0.15) is 46.5 Å². The van der Waals surface area contributed by atoms with Crippen LogP contribution in [0.5, 0.6) is 0 Å². The van der Waals surface area contributed by atoms with Crippen molar-refractivity contribution in [1.82, 2.24) is 10.2 Å². The summed E-state index contributed by atoms with van der Waals surface area (Å²) in [6.07, 6.45) is 4.99. The molecule has 2 amide bonds. The molecule has 0 aromatic rings. The summed E-state index contributed by atoms with van der Waals surface area (Å²) in [5.74, 6) is 0.999. The predicted octanol–water partition coefficient (Wildman–Crippen LogP) is 2.04. The third kappa shape index (κ3) is 3.25. The Labute approximate surface area is 120 Å². The van der Waals surface area contributed by atoms with Crippen LogP contribution in [0.3, 0.4) is 0 Å². The summed E-state index contributed by atoms with van der Waals surface area (Å²) in [5.41, 5.74) is -0.681. The SMILES string of the molecule is CCCC1C(=O)NC(CC)(CC)C(=O)N1CCSC. The number of hydrogen-bond acceptors (Lipinski definition) is 3. The van der Waals surface area contributed by atoms with E-state index in [9.17, 15) is 9.59 Å². The Kier molecular flexibility index (Phi) is 6.17. The Morgan fingerprint density at radius 1 is 1.26 bits per heavy atom. The van der Waals surface area contributed by atoms with E-state index in [1.165, 1.54) is 0 Å². The summed E-state index contributed by atoms with van der Waals surface area (Å²) in [6, 6.07) is -0.282. The van der Waals surface area contributed by atoms with E-state index in [1.54, 1.807) is 11.8 Å². The quantitative estimate of drug-likeness (QED) is 0.779. The van der Waals surface area contributed by atoms with Crippen molar-refractivity contribution in [1.29, 1.82) is 0 Å². The number of amides is 2. The van der Waals surface area contributed by atoms with Gasteiger partial charge in [-0.1, -0.05) is 27.2 Å². The van der Waals surface area contributed by atoms with Crippen LogP contribution in [-0.4, -0.2) is 46.8 Å². The number of carbonyl (C=O) groups is 2. The molecule has 5 heteroatoms. The van der Waals surface area contributed by atoms with Gasteiger partial charge in [0.1, 0.15) is 11.6 Å². The molecule has 0 radical (unpaired) electrons. The van der Waals surface area contributed by atoms with E-state index in [0.717, 1.165) is 18.6 Å². The number of rotatable bonds is 7. The average molecular weight is 286 g/mol. The van der Waals surface area contributed by atoms with Crippen molar-refractivity contribution in [3.63, 3.8) is 0 Å². The zero-order chi connectivity index (χ0) is 14.5. The van der Waals surface area contributed by atoms with E-state index >= 15 is 0 Å². The minimum absolute atomic E-state index is 0.0197. The predicted molar refractivity (Wildman–Crippen MR) is 80.2 cm³/mol. The van der Waals surface area contributed by atoms with Gasteiger partial charge in [-0.3, -0.25) is 9.59 Å². The molecular weight excluding hydrogens is 260 g/mol. The number of piperazine rings is 1. The first-order valence-electron chi connectivity index (χ1n) is 7.18. The summed E-state index contributed by atoms with van der Waals surface area (Å²) in [6.45, 7) is 6.65. The molecular formula is C14H26N2O2S. The number of carbonyl (C=O) groups excluding carboxylic acids is 2. The Hall–Kier alpha value is -0.710. The van der Waals surface area contributed by atoms with E-state index in [0.29, 0.717) is 19.4 Å². The molecule has 0 bridgehead atoms. The third-order valence-corrected chi connectivity index (χ3v) is 4.61. The van der Waals surface area contributed by atoms with Crippen molar-refractivity contribution >= 4 is 23.6 Å². The van der Waals surface area contributed by atoms with Crippen LogP contribution in [0.15, 0.2) is 0 Å². The van der Waals surface area contributed by atoms with E-state index in [4.69, 9.17) is 0 Å². The number of hydrogen-bond donors (Lipinski definition) is 1. The van der Waals surface area contributed by atoms with Crippen LogP contribution in [0, 0.1) is 0 Å². The van der Waals surface area contributed by atoms with Gasteiger partial charge in [-0.15, -0.1) is 0 Å². The Morgan fingerprint density at radius 2 is 1.89 bits per heavy atom. The van der Waals surface area contributed by atoms with Crippen molar-refractivity contribution in [2.45, 2.75) is 58.0 Å². The van der Waals surface area contributed by atoms with Gasteiger partial charge in [0.25, 0.3) is 0 Å². The Balaban J connectivity index is 3.00. The fourth-order valence-electron chi connectivity index (χ4n) is 2.67. The largest absolute Gasteiger partial charge is 0.340 e. The second kappa shape index (κ2) is 7.17. The van der Waals surface area contributed by atoms with Crippen LogP contribution in [0.4, 0.5) is 0 Å². The van der Waals surface area contributed by atoms with Crippen molar-refractivity contribution in [3.8, 4) is 0 Å². The first kappa shape index (κ1) is 16.3. The molecule has 0 aromatic heterocycles. The first-order valence-corrected chi connectivity index (χ1v) is 8.57. The number of thioether (sulfide) groups is 1. The normalized spacial score (nSPS) is 22.5. The van der Waals surface area contributed by atoms with Crippen LogP contribution in [0.2, 0.25) is 0 Å². The molecule has 1 unspecified atom stereocenters. The molecule has 1 rings (SSSR count). The van der Waals surface area contributed by atoms with Crippen molar-refractivity contribution in [2.75, 3.05) is 18.6 Å². The smallest absolute Gasteiger partial charge is 0.249 e. The second-order valence-corrected chi connectivity index (χ2v) is 6.06. The lowest BCUT2D eigenvalue weighted by Crippen LogP contribution is -2.70. The van der Waals surface area contributed by atoms with Gasteiger partial charge in [0, 0.05) is 12.3 Å². The molecule has 110 valence electrons. The highest BCUT2D eigenvalue weighted by atomic mass is 32.2. The molecule has 0 aromatic carbocycles. The lowest BCUT2D eigenvalue weighted by molar-refractivity contribution is -0.155. The topological polar surface area (TPSA) is 49.4 Å². The highest BCUT2D eigenvalue weighted by Crippen LogP contribution is 2.26. The van der Waals surface area contributed by atoms with Crippen LogP contribution in [0.25, 0.3) is 0 Å². The molecule has 0 spiro atoms. The van der Waals surface area contributed by atoms with Crippen molar-refractivity contribution in [3.05, 3.63) is 0 Å². The van der Waals surface area contributed by atoms with Gasteiger partial charge in [-0.2, -0.15) is 11.8 Å². The summed E-state index contributed by atoms with van der Waals surface area (Å²) < 4.78 is 0. The second-order valence-electron chi connectivity index (χ2n) is 5.07. The molecule has 19 heavy (non-hydrogen) atoms. The van der Waals surface area contributed by atoms with Crippen molar-refractivity contribution in [2.24, 2.45) is 0 Å². The summed E-state index contributed by atoms with van der Waals surface area (Å²) in [7, 11) is 0. The minimum atomic E-state index is -0.681. The molecule has 1 saturated heterocycles. The van der Waals surface area contributed by atoms with E-state index in [1.807, 2.05) is 31.9 Å². The van der Waals surface area contributed by atoms with Crippen LogP contribution >= 0.6 is 11.8 Å². The Bertz CT molecular complexity index is 329. The zero-order valence-corrected chi connectivity index (χ0v) is 13.3.